The summed E-state index contributed by atoms with van der Waals surface area (Å²) in [6.45, 7) is 10.2. The lowest BCUT2D eigenvalue weighted by atomic mass is 9.94. The molecule has 8 nitrogen and oxygen atoms in total. The molecule has 3 aliphatic rings. The molecule has 1 amide bonds. The summed E-state index contributed by atoms with van der Waals surface area (Å²) in [6, 6.07) is 9.43. The van der Waals surface area contributed by atoms with E-state index in [1.165, 1.54) is 11.8 Å². The second kappa shape index (κ2) is 11.2. The number of amidine groups is 1. The molecule has 182 valence electrons. The molecular weight excluding hydrogens is 452 g/mol. The van der Waals surface area contributed by atoms with Gasteiger partial charge in [0.25, 0.3) is 0 Å². The Kier molecular flexibility index (Phi) is 8.07. The maximum Gasteiger partial charge on any atom is 0.338 e. The number of hydrogen-bond acceptors (Lipinski definition) is 8. The fourth-order valence-corrected chi connectivity index (χ4v) is 5.23. The monoisotopic (exact) mass is 484 g/mol. The highest BCUT2D eigenvalue weighted by Crippen LogP contribution is 2.44. The number of thioether (sulfide) groups is 1. The Morgan fingerprint density at radius 1 is 1.24 bits per heavy atom. The number of morpholine rings is 1. The maximum absolute atomic E-state index is 13.1. The Bertz CT molecular complexity index is 999. The standard InChI is InChI=1S/C25H32N4O4S/c1-17(2)33-24(31)22-18(3)27-25-29(23(22)19-7-5-4-6-8-19)20(16-34-25)15-21(30)26-9-10-28-11-13-32-14-12-28/h4-8,16-17,23H,9-15H2,1-3H3,(H,26,30)/t23-/m0/s1. The third kappa shape index (κ3) is 5.71. The number of ether oxygens (including phenoxy) is 2. The molecule has 0 bridgehead atoms. The van der Waals surface area contributed by atoms with E-state index in [1.807, 2.05) is 61.4 Å². The molecule has 4 rings (SSSR count). The third-order valence-electron chi connectivity index (χ3n) is 5.87. The number of allylic oxidation sites excluding steroid dienone is 1. The fourth-order valence-electron chi connectivity index (χ4n) is 4.26. The normalized spacial score (nSPS) is 20.7. The highest BCUT2D eigenvalue weighted by molar-refractivity contribution is 8.16. The van der Waals surface area contributed by atoms with Crippen LogP contribution in [0.3, 0.4) is 0 Å². The van der Waals surface area contributed by atoms with Crippen molar-refractivity contribution in [2.24, 2.45) is 4.99 Å². The van der Waals surface area contributed by atoms with Gasteiger partial charge in [0.05, 0.1) is 43.1 Å². The first-order valence-electron chi connectivity index (χ1n) is 11.7. The molecule has 1 aromatic rings. The Morgan fingerprint density at radius 3 is 2.68 bits per heavy atom. The minimum atomic E-state index is -0.401. The van der Waals surface area contributed by atoms with Crippen molar-refractivity contribution in [2.75, 3.05) is 39.4 Å². The van der Waals surface area contributed by atoms with Crippen LogP contribution in [0.15, 0.2) is 57.7 Å². The molecule has 0 unspecified atom stereocenters. The van der Waals surface area contributed by atoms with E-state index in [-0.39, 0.29) is 24.4 Å². The van der Waals surface area contributed by atoms with Gasteiger partial charge in [0.1, 0.15) is 0 Å². The highest BCUT2D eigenvalue weighted by Gasteiger charge is 2.41. The van der Waals surface area contributed by atoms with Gasteiger partial charge in [0, 0.05) is 31.9 Å². The van der Waals surface area contributed by atoms with E-state index in [2.05, 4.69) is 10.2 Å². The quantitative estimate of drug-likeness (QED) is 0.568. The summed E-state index contributed by atoms with van der Waals surface area (Å²) in [5.74, 6) is -0.430. The number of esters is 1. The van der Waals surface area contributed by atoms with Crippen LogP contribution in [0.5, 0.6) is 0 Å². The Hall–Kier alpha value is -2.62. The molecule has 0 saturated carbocycles. The fraction of sp³-hybridized carbons (Fsp3) is 0.480. The predicted octanol–water partition coefficient (Wildman–Crippen LogP) is 3.05. The smallest absolute Gasteiger partial charge is 0.338 e. The average molecular weight is 485 g/mol. The largest absolute Gasteiger partial charge is 0.459 e. The topological polar surface area (TPSA) is 83.5 Å². The van der Waals surface area contributed by atoms with E-state index >= 15 is 0 Å². The summed E-state index contributed by atoms with van der Waals surface area (Å²) in [7, 11) is 0. The minimum absolute atomic E-state index is 0.0502. The van der Waals surface area contributed by atoms with Gasteiger partial charge in [0.15, 0.2) is 5.17 Å². The molecule has 0 radical (unpaired) electrons. The Balaban J connectivity index is 1.50. The van der Waals surface area contributed by atoms with Gasteiger partial charge in [0.2, 0.25) is 5.91 Å². The maximum atomic E-state index is 13.1. The highest BCUT2D eigenvalue weighted by atomic mass is 32.2. The molecule has 0 aliphatic carbocycles. The van der Waals surface area contributed by atoms with Crippen LogP contribution in [0.2, 0.25) is 0 Å². The van der Waals surface area contributed by atoms with Crippen molar-refractivity contribution in [2.45, 2.75) is 39.3 Å². The molecule has 1 atom stereocenters. The summed E-state index contributed by atoms with van der Waals surface area (Å²) in [5.41, 5.74) is 2.92. The van der Waals surface area contributed by atoms with E-state index in [1.54, 1.807) is 0 Å². The van der Waals surface area contributed by atoms with Crippen molar-refractivity contribution in [3.8, 4) is 0 Å². The summed E-state index contributed by atoms with van der Waals surface area (Å²) >= 11 is 1.48. The number of carbonyl (C=O) groups is 2. The summed E-state index contributed by atoms with van der Waals surface area (Å²) in [4.78, 5) is 34.9. The lowest BCUT2D eigenvalue weighted by Crippen LogP contribution is -2.42. The van der Waals surface area contributed by atoms with Crippen LogP contribution in [0.1, 0.15) is 38.8 Å². The molecule has 1 aromatic carbocycles. The zero-order valence-electron chi connectivity index (χ0n) is 20.0. The molecule has 9 heteroatoms. The lowest BCUT2D eigenvalue weighted by molar-refractivity contribution is -0.143. The molecule has 1 fully saturated rings. The number of nitrogens with zero attached hydrogens (tertiary/aromatic N) is 3. The SMILES string of the molecule is CC1=C(C(=O)OC(C)C)[C@H](c2ccccc2)N2C(CC(=O)NCCN3CCOCC3)=CSC2=N1. The zero-order valence-corrected chi connectivity index (χ0v) is 20.8. The molecule has 34 heavy (non-hydrogen) atoms. The molecule has 0 spiro atoms. The number of hydrogen-bond donors (Lipinski definition) is 1. The van der Waals surface area contributed by atoms with Crippen molar-refractivity contribution in [3.63, 3.8) is 0 Å². The van der Waals surface area contributed by atoms with Crippen LogP contribution >= 0.6 is 11.8 Å². The number of nitrogens with one attached hydrogen (secondary N) is 1. The minimum Gasteiger partial charge on any atom is -0.459 e. The number of fused-ring (bicyclic) bond motifs is 1. The number of benzene rings is 1. The van der Waals surface area contributed by atoms with Crippen LogP contribution < -0.4 is 5.32 Å². The lowest BCUT2D eigenvalue weighted by Gasteiger charge is -2.36. The van der Waals surface area contributed by atoms with Gasteiger partial charge in [-0.05, 0) is 31.7 Å². The van der Waals surface area contributed by atoms with Gasteiger partial charge < -0.3 is 19.7 Å². The van der Waals surface area contributed by atoms with E-state index in [4.69, 9.17) is 14.5 Å². The molecular formula is C25H32N4O4S. The van der Waals surface area contributed by atoms with Crippen molar-refractivity contribution < 1.29 is 19.1 Å². The molecule has 3 heterocycles. The second-order valence-corrected chi connectivity index (χ2v) is 9.58. The van der Waals surface area contributed by atoms with Crippen LogP contribution in [-0.2, 0) is 19.1 Å². The summed E-state index contributed by atoms with van der Waals surface area (Å²) in [5, 5.41) is 5.76. The summed E-state index contributed by atoms with van der Waals surface area (Å²) in [6.07, 6.45) is -0.0286. The predicted molar refractivity (Wildman–Crippen MR) is 133 cm³/mol. The first kappa shape index (κ1) is 24.5. The molecule has 1 N–H and O–H groups in total. The van der Waals surface area contributed by atoms with Gasteiger partial charge in [-0.25, -0.2) is 9.79 Å². The van der Waals surface area contributed by atoms with Crippen molar-refractivity contribution in [3.05, 3.63) is 58.3 Å². The molecule has 0 aromatic heterocycles. The van der Waals surface area contributed by atoms with Crippen molar-refractivity contribution in [1.82, 2.24) is 15.1 Å². The van der Waals surface area contributed by atoms with E-state index < -0.39 is 6.04 Å². The van der Waals surface area contributed by atoms with Crippen molar-refractivity contribution >= 4 is 28.8 Å². The first-order valence-corrected chi connectivity index (χ1v) is 12.6. The van der Waals surface area contributed by atoms with Crippen LogP contribution in [-0.4, -0.2) is 72.3 Å². The molecule has 1 saturated heterocycles. The summed E-state index contributed by atoms with van der Waals surface area (Å²) < 4.78 is 11.0. The van der Waals surface area contributed by atoms with Gasteiger partial charge in [-0.3, -0.25) is 9.69 Å². The number of aliphatic imine (C=N–C) groups is 1. The molecule has 3 aliphatic heterocycles. The number of carbonyl (C=O) groups excluding carboxylic acids is 2. The van der Waals surface area contributed by atoms with Crippen molar-refractivity contribution in [1.29, 1.82) is 0 Å². The van der Waals surface area contributed by atoms with Gasteiger partial charge >= 0.3 is 5.97 Å². The van der Waals surface area contributed by atoms with Crippen LogP contribution in [0, 0.1) is 0 Å². The number of rotatable bonds is 8. The average Bonchev–Trinajstić information content (AvgIpc) is 3.20. The third-order valence-corrected chi connectivity index (χ3v) is 6.76. The Morgan fingerprint density at radius 2 is 1.97 bits per heavy atom. The van der Waals surface area contributed by atoms with Gasteiger partial charge in [-0.1, -0.05) is 42.1 Å². The van der Waals surface area contributed by atoms with Gasteiger partial charge in [-0.2, -0.15) is 0 Å². The first-order chi connectivity index (χ1) is 16.4. The van der Waals surface area contributed by atoms with E-state index in [0.717, 1.165) is 49.3 Å². The second-order valence-electron chi connectivity index (χ2n) is 8.74. The van der Waals surface area contributed by atoms with Crippen LogP contribution in [0.25, 0.3) is 0 Å². The van der Waals surface area contributed by atoms with Crippen LogP contribution in [0.4, 0.5) is 0 Å². The van der Waals surface area contributed by atoms with E-state index in [9.17, 15) is 9.59 Å². The van der Waals surface area contributed by atoms with E-state index in [0.29, 0.717) is 17.8 Å². The number of amides is 1. The zero-order chi connectivity index (χ0) is 24.1. The van der Waals surface area contributed by atoms with Gasteiger partial charge in [-0.15, -0.1) is 0 Å². The Labute approximate surface area is 205 Å².